The van der Waals surface area contributed by atoms with Crippen LogP contribution in [0.4, 0.5) is 41.2 Å². The van der Waals surface area contributed by atoms with Crippen molar-refractivity contribution in [3.8, 4) is 5.75 Å². The van der Waals surface area contributed by atoms with E-state index in [1.54, 1.807) is 0 Å². The topological polar surface area (TPSA) is 67.9 Å². The summed E-state index contributed by atoms with van der Waals surface area (Å²) in [4.78, 5) is 18.1. The van der Waals surface area contributed by atoms with Gasteiger partial charge in [0.1, 0.15) is 5.82 Å². The number of thioether (sulfide) groups is 1. The smallest absolute Gasteiger partial charge is 0.409 e. The number of nitrogens with zero attached hydrogens (tertiary/aromatic N) is 2. The van der Waals surface area contributed by atoms with Crippen LogP contribution in [0.25, 0.3) is 5.57 Å². The van der Waals surface area contributed by atoms with Crippen LogP contribution < -0.4 is 15.4 Å². The molecule has 0 unspecified atom stereocenters. The Bertz CT molecular complexity index is 1160. The normalized spacial score (nSPS) is 12.9. The first-order valence-corrected chi connectivity index (χ1v) is 12.4. The quantitative estimate of drug-likeness (QED) is 0.196. The van der Waals surface area contributed by atoms with Crippen LogP contribution in [0.3, 0.4) is 0 Å². The third kappa shape index (κ3) is 8.14. The molecule has 38 heavy (non-hydrogen) atoms. The first-order chi connectivity index (χ1) is 17.7. The Hall–Kier alpha value is -3.22. The van der Waals surface area contributed by atoms with Gasteiger partial charge in [-0.2, -0.15) is 38.1 Å². The minimum Gasteiger partial charge on any atom is -0.409 e. The van der Waals surface area contributed by atoms with E-state index < -0.39 is 52.7 Å². The summed E-state index contributed by atoms with van der Waals surface area (Å²) in [5.74, 6) is -0.443. The summed E-state index contributed by atoms with van der Waals surface area (Å²) >= 11 is 1.53. The monoisotopic (exact) mass is 565 g/mol. The van der Waals surface area contributed by atoms with Crippen LogP contribution in [-0.4, -0.2) is 36.4 Å². The number of halogens is 7. The summed E-state index contributed by atoms with van der Waals surface area (Å²) in [5, 5.41) is 0. The molecule has 2 N–H and O–H groups in total. The van der Waals surface area contributed by atoms with Gasteiger partial charge in [0.25, 0.3) is 0 Å². The molecule has 0 radical (unpaired) electrons. The van der Waals surface area contributed by atoms with Crippen LogP contribution in [0.15, 0.2) is 47.6 Å². The van der Waals surface area contributed by atoms with E-state index in [-0.39, 0.29) is 23.9 Å². The Labute approximate surface area is 219 Å². The van der Waals surface area contributed by atoms with Crippen LogP contribution in [0.1, 0.15) is 37.5 Å². The number of amides is 1. The van der Waals surface area contributed by atoms with Crippen molar-refractivity contribution in [3.63, 3.8) is 0 Å². The number of ether oxygens (including phenoxy) is 1. The van der Waals surface area contributed by atoms with Gasteiger partial charge in [-0.25, -0.2) is 9.18 Å². The maximum absolute atomic E-state index is 14.0. The number of rotatable bonds is 9. The molecular weight excluding hydrogens is 539 g/mol. The Kier molecular flexibility index (Phi) is 10.6. The fraction of sp³-hybridized carbons (Fsp3) is 0.360. The molecule has 1 amide bonds. The fourth-order valence-corrected chi connectivity index (χ4v) is 3.83. The molecule has 0 saturated carbocycles. The van der Waals surface area contributed by atoms with Crippen molar-refractivity contribution >= 4 is 35.3 Å². The SMILES string of the molecule is CCSCCN=C/C(=C\N)c1cc(C(F)(F)F)cc(C(F)(F)F)c1OC(=O)N(c1ccc(F)cc1)C(C)C. The molecular formula is C25H26F7N3O2S. The van der Waals surface area contributed by atoms with Gasteiger partial charge < -0.3 is 10.5 Å². The molecule has 2 aromatic carbocycles. The number of hydrogen-bond acceptors (Lipinski definition) is 5. The number of allylic oxidation sites excluding steroid dienone is 1. The van der Waals surface area contributed by atoms with E-state index in [0.29, 0.717) is 11.8 Å². The fourth-order valence-electron chi connectivity index (χ4n) is 3.31. The van der Waals surface area contributed by atoms with E-state index >= 15 is 0 Å². The van der Waals surface area contributed by atoms with E-state index in [4.69, 9.17) is 10.5 Å². The lowest BCUT2D eigenvalue weighted by molar-refractivity contribution is -0.143. The van der Waals surface area contributed by atoms with Crippen LogP contribution in [0.2, 0.25) is 0 Å². The van der Waals surface area contributed by atoms with Crippen molar-refractivity contribution in [3.05, 3.63) is 65.1 Å². The van der Waals surface area contributed by atoms with Crippen LogP contribution in [0, 0.1) is 5.82 Å². The largest absolute Gasteiger partial charge is 0.420 e. The first-order valence-electron chi connectivity index (χ1n) is 11.3. The zero-order valence-corrected chi connectivity index (χ0v) is 21.5. The van der Waals surface area contributed by atoms with Gasteiger partial charge in [0.05, 0.1) is 11.1 Å². The maximum Gasteiger partial charge on any atom is 0.420 e. The molecule has 0 aromatic heterocycles. The van der Waals surface area contributed by atoms with Crippen molar-refractivity contribution in [2.45, 2.75) is 39.2 Å². The highest BCUT2D eigenvalue weighted by Gasteiger charge is 2.42. The highest BCUT2D eigenvalue weighted by atomic mass is 32.2. The van der Waals surface area contributed by atoms with E-state index in [2.05, 4.69) is 4.99 Å². The highest BCUT2D eigenvalue weighted by molar-refractivity contribution is 7.99. The zero-order valence-electron chi connectivity index (χ0n) is 20.7. The summed E-state index contributed by atoms with van der Waals surface area (Å²) in [5.41, 5.74) is 1.18. The first kappa shape index (κ1) is 31.0. The molecule has 0 saturated heterocycles. The van der Waals surface area contributed by atoms with Crippen molar-refractivity contribution in [2.75, 3.05) is 23.0 Å². The Morgan fingerprint density at radius 1 is 1.11 bits per heavy atom. The summed E-state index contributed by atoms with van der Waals surface area (Å²) in [6, 6.07) is 4.09. The molecule has 0 aliphatic heterocycles. The molecule has 0 bridgehead atoms. The summed E-state index contributed by atoms with van der Waals surface area (Å²) in [7, 11) is 0. The van der Waals surface area contributed by atoms with Crippen molar-refractivity contribution < 1.29 is 40.3 Å². The highest BCUT2D eigenvalue weighted by Crippen LogP contribution is 2.44. The van der Waals surface area contributed by atoms with Gasteiger partial charge in [-0.3, -0.25) is 9.89 Å². The number of aliphatic imine (C=N–C) groups is 1. The van der Waals surface area contributed by atoms with Gasteiger partial charge in [0.2, 0.25) is 0 Å². The molecule has 13 heteroatoms. The van der Waals surface area contributed by atoms with Crippen LogP contribution in [-0.2, 0) is 12.4 Å². The molecule has 0 heterocycles. The second kappa shape index (κ2) is 13.0. The molecule has 2 rings (SSSR count). The zero-order chi connectivity index (χ0) is 28.7. The number of carbonyl (C=O) groups is 1. The summed E-state index contributed by atoms with van der Waals surface area (Å²) in [6.45, 7) is 5.18. The minimum absolute atomic E-state index is 0.0954. The Balaban J connectivity index is 2.70. The van der Waals surface area contributed by atoms with Gasteiger partial charge in [-0.1, -0.05) is 6.92 Å². The van der Waals surface area contributed by atoms with Crippen molar-refractivity contribution in [1.82, 2.24) is 0 Å². The Morgan fingerprint density at radius 2 is 1.74 bits per heavy atom. The maximum atomic E-state index is 14.0. The number of benzene rings is 2. The van der Waals surface area contributed by atoms with Gasteiger partial charge in [0, 0.05) is 47.6 Å². The lowest BCUT2D eigenvalue weighted by Crippen LogP contribution is -2.39. The Morgan fingerprint density at radius 3 is 2.24 bits per heavy atom. The number of alkyl halides is 6. The second-order valence-corrected chi connectivity index (χ2v) is 9.45. The average molecular weight is 566 g/mol. The lowest BCUT2D eigenvalue weighted by Gasteiger charge is -2.27. The summed E-state index contributed by atoms with van der Waals surface area (Å²) < 4.78 is 101. The number of nitrogens with two attached hydrogens (primary N) is 1. The van der Waals surface area contributed by atoms with E-state index in [0.717, 1.165) is 35.2 Å². The number of anilines is 1. The van der Waals surface area contributed by atoms with Gasteiger partial charge in [-0.15, -0.1) is 0 Å². The molecule has 0 fully saturated rings. The predicted octanol–water partition coefficient (Wildman–Crippen LogP) is 7.40. The third-order valence-corrected chi connectivity index (χ3v) is 5.90. The van der Waals surface area contributed by atoms with Crippen LogP contribution >= 0.6 is 11.8 Å². The molecule has 0 atom stereocenters. The minimum atomic E-state index is -5.33. The molecule has 5 nitrogen and oxygen atoms in total. The third-order valence-electron chi connectivity index (χ3n) is 5.02. The van der Waals surface area contributed by atoms with Gasteiger partial charge in [0.15, 0.2) is 5.75 Å². The molecule has 2 aromatic rings. The van der Waals surface area contributed by atoms with E-state index in [1.807, 2.05) is 6.92 Å². The van der Waals surface area contributed by atoms with Crippen molar-refractivity contribution in [2.24, 2.45) is 10.7 Å². The van der Waals surface area contributed by atoms with Gasteiger partial charge in [-0.05, 0) is 56.0 Å². The molecule has 0 spiro atoms. The van der Waals surface area contributed by atoms with E-state index in [1.165, 1.54) is 37.7 Å². The van der Waals surface area contributed by atoms with Crippen molar-refractivity contribution in [1.29, 1.82) is 0 Å². The average Bonchev–Trinajstić information content (AvgIpc) is 2.81. The van der Waals surface area contributed by atoms with Gasteiger partial charge >= 0.3 is 18.4 Å². The number of hydrogen-bond donors (Lipinski definition) is 1. The molecule has 0 aliphatic rings. The van der Waals surface area contributed by atoms with E-state index in [9.17, 15) is 35.5 Å². The number of carbonyl (C=O) groups excluding carboxylic acids is 1. The molecule has 208 valence electrons. The summed E-state index contributed by atoms with van der Waals surface area (Å²) in [6.07, 6.45) is -10.00. The lowest BCUT2D eigenvalue weighted by atomic mass is 9.98. The molecule has 0 aliphatic carbocycles. The van der Waals surface area contributed by atoms with Crippen LogP contribution in [0.5, 0.6) is 5.75 Å². The predicted molar refractivity (Wildman–Crippen MR) is 135 cm³/mol. The second-order valence-electron chi connectivity index (χ2n) is 8.06. The standard InChI is InChI=1S/C25H26F7N3O2S/c1-4-38-10-9-34-14-16(13-33)20-11-17(24(27,28)29)12-21(25(30,31)32)22(20)37-23(36)35(15(2)3)19-7-5-18(26)6-8-19/h5-8,11-15H,4,9-10,33H2,1-3H3/b16-13+,34-14?.